The van der Waals surface area contributed by atoms with Crippen LogP contribution in [-0.2, 0) is 9.59 Å². The van der Waals surface area contributed by atoms with E-state index >= 15 is 0 Å². The van der Waals surface area contributed by atoms with Gasteiger partial charge in [-0.05, 0) is 31.4 Å². The van der Waals surface area contributed by atoms with Crippen molar-refractivity contribution in [2.45, 2.75) is 44.3 Å². The minimum absolute atomic E-state index is 0.0151. The minimum atomic E-state index is -1.07. The van der Waals surface area contributed by atoms with Gasteiger partial charge in [0.1, 0.15) is 17.4 Å². The van der Waals surface area contributed by atoms with Gasteiger partial charge in [0.25, 0.3) is 0 Å². The summed E-state index contributed by atoms with van der Waals surface area (Å²) >= 11 is 0. The number of aromatic nitrogens is 1. The highest BCUT2D eigenvalue weighted by Crippen LogP contribution is 2.34. The number of oxazole rings is 1. The summed E-state index contributed by atoms with van der Waals surface area (Å²) < 4.78 is 5.54. The standard InChI is InChI=1S/C22H25NO6/c24-17(22-23-16-8-5-6-9-20(16)29-22)12-11-15-14(18(25)13-19(15)26)7-3-1-2-4-10-21(27)28/h1,3,5-6,8-9,11-12,14-15,17,19,24,26H,2,4,7,10,13H2,(H,27,28)/t14-,15-,17-,19-/m1/s1. The van der Waals surface area contributed by atoms with E-state index in [0.717, 1.165) is 0 Å². The topological polar surface area (TPSA) is 121 Å². The van der Waals surface area contributed by atoms with Crippen LogP contribution in [-0.4, -0.2) is 38.2 Å². The van der Waals surface area contributed by atoms with Gasteiger partial charge in [0.15, 0.2) is 5.58 Å². The number of fused-ring (bicyclic) bond motifs is 1. The molecule has 0 aliphatic heterocycles. The number of carbonyl (C=O) groups is 2. The Hall–Kier alpha value is -2.77. The Kier molecular flexibility index (Phi) is 6.95. The van der Waals surface area contributed by atoms with E-state index in [-0.39, 0.29) is 30.4 Å². The number of carboxylic acid groups (broad SMARTS) is 1. The van der Waals surface area contributed by atoms with Crippen LogP contribution >= 0.6 is 0 Å². The van der Waals surface area contributed by atoms with Crippen molar-refractivity contribution < 1.29 is 29.3 Å². The number of nitrogens with zero attached hydrogens (tertiary/aromatic N) is 1. The summed E-state index contributed by atoms with van der Waals surface area (Å²) in [6.07, 6.45) is 6.89. The van der Waals surface area contributed by atoms with E-state index in [1.54, 1.807) is 18.2 Å². The maximum atomic E-state index is 12.2. The highest BCUT2D eigenvalue weighted by atomic mass is 16.4. The van der Waals surface area contributed by atoms with Crippen molar-refractivity contribution >= 4 is 22.9 Å². The number of carbonyl (C=O) groups excluding carboxylic acids is 1. The van der Waals surface area contributed by atoms with E-state index in [1.807, 2.05) is 24.3 Å². The van der Waals surface area contributed by atoms with E-state index in [0.29, 0.717) is 30.4 Å². The number of Topliss-reactive ketones (excluding diaryl/α,β-unsaturated/α-hetero) is 1. The molecule has 29 heavy (non-hydrogen) atoms. The van der Waals surface area contributed by atoms with Crippen LogP contribution in [0.25, 0.3) is 11.1 Å². The van der Waals surface area contributed by atoms with Gasteiger partial charge in [0, 0.05) is 24.7 Å². The van der Waals surface area contributed by atoms with Gasteiger partial charge in [0.2, 0.25) is 5.89 Å². The van der Waals surface area contributed by atoms with Crippen molar-refractivity contribution in [3.63, 3.8) is 0 Å². The maximum Gasteiger partial charge on any atom is 0.303 e. The van der Waals surface area contributed by atoms with Crippen molar-refractivity contribution in [1.29, 1.82) is 0 Å². The number of hydrogen-bond acceptors (Lipinski definition) is 6. The van der Waals surface area contributed by atoms with Crippen LogP contribution in [0.4, 0.5) is 0 Å². The van der Waals surface area contributed by atoms with E-state index in [9.17, 15) is 19.8 Å². The van der Waals surface area contributed by atoms with Crippen molar-refractivity contribution in [1.82, 2.24) is 4.98 Å². The molecule has 1 aliphatic carbocycles. The predicted molar refractivity (Wildman–Crippen MR) is 106 cm³/mol. The molecular formula is C22H25NO6. The van der Waals surface area contributed by atoms with Crippen molar-refractivity contribution in [2.75, 3.05) is 0 Å². The molecule has 154 valence electrons. The van der Waals surface area contributed by atoms with Gasteiger partial charge in [-0.2, -0.15) is 0 Å². The van der Waals surface area contributed by atoms with Crippen LogP contribution in [0.3, 0.4) is 0 Å². The first-order valence-corrected chi connectivity index (χ1v) is 9.75. The molecule has 0 unspecified atom stereocenters. The number of aliphatic hydroxyl groups is 2. The lowest BCUT2D eigenvalue weighted by molar-refractivity contribution is -0.137. The van der Waals surface area contributed by atoms with Gasteiger partial charge in [-0.3, -0.25) is 9.59 Å². The Morgan fingerprint density at radius 1 is 1.31 bits per heavy atom. The van der Waals surface area contributed by atoms with Crippen LogP contribution in [0.2, 0.25) is 0 Å². The summed E-state index contributed by atoms with van der Waals surface area (Å²) in [5.74, 6) is -1.44. The summed E-state index contributed by atoms with van der Waals surface area (Å²) in [4.78, 5) is 27.0. The maximum absolute atomic E-state index is 12.2. The van der Waals surface area contributed by atoms with Gasteiger partial charge in [-0.25, -0.2) is 4.98 Å². The first-order valence-electron chi connectivity index (χ1n) is 9.75. The van der Waals surface area contributed by atoms with Crippen molar-refractivity contribution in [2.24, 2.45) is 11.8 Å². The normalized spacial score (nSPS) is 23.5. The molecule has 7 heteroatoms. The highest BCUT2D eigenvalue weighted by molar-refractivity contribution is 5.84. The zero-order valence-electron chi connectivity index (χ0n) is 16.0. The average molecular weight is 399 g/mol. The molecule has 4 atom stereocenters. The fourth-order valence-electron chi connectivity index (χ4n) is 3.59. The largest absolute Gasteiger partial charge is 0.481 e. The van der Waals surface area contributed by atoms with Gasteiger partial charge in [-0.15, -0.1) is 0 Å². The first kappa shape index (κ1) is 21.0. The quantitative estimate of drug-likeness (QED) is 0.437. The fourth-order valence-corrected chi connectivity index (χ4v) is 3.59. The first-order chi connectivity index (χ1) is 14.0. The number of aliphatic carboxylic acids is 1. The van der Waals surface area contributed by atoms with Gasteiger partial charge in [0.05, 0.1) is 6.10 Å². The number of aliphatic hydroxyl groups excluding tert-OH is 2. The van der Waals surface area contributed by atoms with Crippen LogP contribution in [0.15, 0.2) is 53.0 Å². The van der Waals surface area contributed by atoms with Crippen LogP contribution < -0.4 is 0 Å². The van der Waals surface area contributed by atoms with Crippen LogP contribution in [0.5, 0.6) is 0 Å². The molecule has 1 aromatic heterocycles. The zero-order valence-corrected chi connectivity index (χ0v) is 16.0. The molecule has 1 aliphatic rings. The predicted octanol–water partition coefficient (Wildman–Crippen LogP) is 3.18. The number of rotatable bonds is 9. The second-order valence-electron chi connectivity index (χ2n) is 7.26. The molecule has 0 amide bonds. The third-order valence-electron chi connectivity index (χ3n) is 5.13. The summed E-state index contributed by atoms with van der Waals surface area (Å²) in [5.41, 5.74) is 1.23. The number of hydrogen-bond donors (Lipinski definition) is 3. The zero-order chi connectivity index (χ0) is 20.8. The van der Waals surface area contributed by atoms with Gasteiger partial charge in [-0.1, -0.05) is 36.4 Å². The van der Waals surface area contributed by atoms with Crippen molar-refractivity contribution in [3.8, 4) is 0 Å². The fraction of sp³-hybridized carbons (Fsp3) is 0.409. The van der Waals surface area contributed by atoms with E-state index in [2.05, 4.69) is 4.98 Å². The SMILES string of the molecule is O=C(O)CCCC=CC[C@H]1C(=O)C[C@@H](O)[C@@H]1C=C[C@@H](O)c1nc2ccccc2o1. The molecule has 3 N–H and O–H groups in total. The second-order valence-corrected chi connectivity index (χ2v) is 7.26. The van der Waals surface area contributed by atoms with Crippen LogP contribution in [0.1, 0.15) is 44.1 Å². The lowest BCUT2D eigenvalue weighted by Crippen LogP contribution is -2.18. The summed E-state index contributed by atoms with van der Waals surface area (Å²) in [6.45, 7) is 0. The Bertz CT molecular complexity index is 882. The minimum Gasteiger partial charge on any atom is -0.481 e. The highest BCUT2D eigenvalue weighted by Gasteiger charge is 2.39. The lowest BCUT2D eigenvalue weighted by atomic mass is 9.90. The summed E-state index contributed by atoms with van der Waals surface area (Å²) in [7, 11) is 0. The average Bonchev–Trinajstić information content (AvgIpc) is 3.23. The smallest absolute Gasteiger partial charge is 0.303 e. The molecule has 0 saturated heterocycles. The Morgan fingerprint density at radius 3 is 2.86 bits per heavy atom. The summed E-state index contributed by atoms with van der Waals surface area (Å²) in [5, 5.41) is 29.2. The molecule has 1 saturated carbocycles. The van der Waals surface area contributed by atoms with Gasteiger partial charge >= 0.3 is 5.97 Å². The molecule has 1 aromatic carbocycles. The molecule has 2 aromatic rings. The molecule has 3 rings (SSSR count). The molecule has 0 spiro atoms. The lowest BCUT2D eigenvalue weighted by Gasteiger charge is -2.16. The molecule has 0 bridgehead atoms. The molecule has 0 radical (unpaired) electrons. The number of unbranched alkanes of at least 4 members (excludes halogenated alkanes) is 1. The monoisotopic (exact) mass is 399 g/mol. The second kappa shape index (κ2) is 9.62. The number of ketones is 1. The number of allylic oxidation sites excluding steroid dienone is 2. The third kappa shape index (κ3) is 5.40. The number of benzene rings is 1. The van der Waals surface area contributed by atoms with E-state index in [1.165, 1.54) is 6.08 Å². The Morgan fingerprint density at radius 2 is 2.10 bits per heavy atom. The number of para-hydroxylation sites is 2. The van der Waals surface area contributed by atoms with Gasteiger partial charge < -0.3 is 19.7 Å². The molecule has 1 fully saturated rings. The number of carboxylic acids is 1. The Labute approximate surface area is 168 Å². The van der Waals surface area contributed by atoms with Crippen LogP contribution in [0, 0.1) is 11.8 Å². The molecular weight excluding hydrogens is 374 g/mol. The molecule has 1 heterocycles. The summed E-state index contributed by atoms with van der Waals surface area (Å²) in [6, 6.07) is 7.20. The van der Waals surface area contributed by atoms with Crippen molar-refractivity contribution in [3.05, 3.63) is 54.5 Å². The molecule has 7 nitrogen and oxygen atoms in total. The van der Waals surface area contributed by atoms with E-state index in [4.69, 9.17) is 9.52 Å². The van der Waals surface area contributed by atoms with E-state index < -0.39 is 24.1 Å². The Balaban J connectivity index is 1.61. The third-order valence-corrected chi connectivity index (χ3v) is 5.13.